The molecule has 5 rings (SSSR count). The Bertz CT molecular complexity index is 1860. The summed E-state index contributed by atoms with van der Waals surface area (Å²) < 4.78 is 45.4. The number of halogens is 3. The van der Waals surface area contributed by atoms with Gasteiger partial charge in [0.25, 0.3) is 5.56 Å². The summed E-state index contributed by atoms with van der Waals surface area (Å²) in [5, 5.41) is 3.28. The van der Waals surface area contributed by atoms with Crippen molar-refractivity contribution in [1.82, 2.24) is 29.4 Å². The number of alkyl halides is 3. The second-order valence-electron chi connectivity index (χ2n) is 10.4. The number of nitrogens with zero attached hydrogens (tertiary/aromatic N) is 6. The molecule has 5 aromatic rings. The molecule has 14 heteroatoms. The predicted molar refractivity (Wildman–Crippen MR) is 170 cm³/mol. The highest BCUT2D eigenvalue weighted by molar-refractivity contribution is 7.98. The van der Waals surface area contributed by atoms with Crippen molar-refractivity contribution in [1.29, 1.82) is 0 Å². The molecule has 2 aromatic carbocycles. The molecule has 1 amide bonds. The number of aryl methyl sites for hydroxylation is 1. The van der Waals surface area contributed by atoms with Crippen LogP contribution in [0.15, 0.2) is 82.5 Å². The van der Waals surface area contributed by atoms with Crippen LogP contribution in [-0.2, 0) is 36.2 Å². The fraction of sp³-hybridized carbons (Fsp3) is 0.250. The van der Waals surface area contributed by atoms with E-state index in [1.54, 1.807) is 35.1 Å². The van der Waals surface area contributed by atoms with Crippen molar-refractivity contribution in [2.75, 3.05) is 14.2 Å². The van der Waals surface area contributed by atoms with Gasteiger partial charge < -0.3 is 14.2 Å². The van der Waals surface area contributed by atoms with Crippen LogP contribution in [0.1, 0.15) is 33.0 Å². The molecular formula is C32H29F3N6O3S2. The molecule has 0 N–H and O–H groups in total. The van der Waals surface area contributed by atoms with Crippen molar-refractivity contribution >= 4 is 29.0 Å². The number of likely N-dealkylation sites (N-methyl/N-ethyl adjacent to an activating group) is 1. The summed E-state index contributed by atoms with van der Waals surface area (Å²) in [5.74, 6) is 0.278. The maximum Gasteiger partial charge on any atom is 0.416 e. The van der Waals surface area contributed by atoms with Crippen LogP contribution in [0.4, 0.5) is 13.2 Å². The van der Waals surface area contributed by atoms with Gasteiger partial charge in [-0.15, -0.1) is 11.3 Å². The van der Waals surface area contributed by atoms with Crippen molar-refractivity contribution in [3.63, 3.8) is 0 Å². The molecule has 0 saturated heterocycles. The smallest absolute Gasteiger partial charge is 0.416 e. The number of carbonyl (C=O) groups excluding carboxylic acids is 1. The molecule has 0 aliphatic heterocycles. The number of benzene rings is 2. The Balaban J connectivity index is 1.31. The van der Waals surface area contributed by atoms with Gasteiger partial charge >= 0.3 is 12.2 Å². The van der Waals surface area contributed by atoms with Gasteiger partial charge in [-0.3, -0.25) is 9.59 Å². The molecule has 46 heavy (non-hydrogen) atoms. The molecule has 0 unspecified atom stereocenters. The summed E-state index contributed by atoms with van der Waals surface area (Å²) in [6, 6.07) is 12.5. The molecule has 3 heterocycles. The van der Waals surface area contributed by atoms with Crippen LogP contribution in [-0.4, -0.2) is 49.5 Å². The zero-order valence-corrected chi connectivity index (χ0v) is 26.7. The Morgan fingerprint density at radius 3 is 2.24 bits per heavy atom. The van der Waals surface area contributed by atoms with E-state index in [0.29, 0.717) is 34.1 Å². The number of hydrogen-bond acceptors (Lipinski definition) is 9. The first-order valence-corrected chi connectivity index (χ1v) is 15.8. The molecule has 0 bridgehead atoms. The van der Waals surface area contributed by atoms with E-state index in [-0.39, 0.29) is 24.9 Å². The molecule has 0 aliphatic rings. The lowest BCUT2D eigenvalue weighted by atomic mass is 10.0. The van der Waals surface area contributed by atoms with E-state index >= 15 is 0 Å². The topological polar surface area (TPSA) is 103 Å². The van der Waals surface area contributed by atoms with Crippen LogP contribution >= 0.6 is 23.1 Å². The minimum absolute atomic E-state index is 0.0576. The summed E-state index contributed by atoms with van der Waals surface area (Å²) >= 11 is 2.86. The molecule has 0 fully saturated rings. The lowest BCUT2D eigenvalue weighted by Gasteiger charge is -2.20. The van der Waals surface area contributed by atoms with Crippen molar-refractivity contribution in [3.8, 4) is 17.1 Å². The number of amides is 1. The van der Waals surface area contributed by atoms with Gasteiger partial charge in [0.15, 0.2) is 5.16 Å². The molecule has 0 spiro atoms. The number of thiazole rings is 1. The second kappa shape index (κ2) is 14.3. The first-order valence-electron chi connectivity index (χ1n) is 14.0. The summed E-state index contributed by atoms with van der Waals surface area (Å²) in [4.78, 5) is 45.0. The summed E-state index contributed by atoms with van der Waals surface area (Å²) in [7, 11) is 3.15. The molecule has 0 aliphatic carbocycles. The molecule has 3 aromatic heterocycles. The molecule has 9 nitrogen and oxygen atoms in total. The largest absolute Gasteiger partial charge is 0.467 e. The zero-order valence-electron chi connectivity index (χ0n) is 25.1. The van der Waals surface area contributed by atoms with Crippen molar-refractivity contribution in [2.45, 2.75) is 43.5 Å². The van der Waals surface area contributed by atoms with E-state index in [9.17, 15) is 22.8 Å². The maximum absolute atomic E-state index is 13.4. The standard InChI is InChI=1S/C32H29F3N6O3S2/c1-20-38-27(18-45-20)19-46-31-39-29(43)25(12-22-13-36-30(44-3)37-14-22)16-41(31)17-28(42)40(2)15-21-4-6-23(7-5-21)24-8-10-26(11-9-24)32(33,34)35/h4-11,13-14,16,18H,12,15,17,19H2,1-3H3. The molecular weight excluding hydrogens is 638 g/mol. The third-order valence-corrected chi connectivity index (χ3v) is 8.80. The minimum atomic E-state index is -4.39. The van der Waals surface area contributed by atoms with Crippen molar-refractivity contribution in [3.05, 3.63) is 116 Å². The number of ether oxygens (including phenoxy) is 1. The van der Waals surface area contributed by atoms with Crippen LogP contribution in [0.5, 0.6) is 6.01 Å². The zero-order chi connectivity index (χ0) is 32.8. The lowest BCUT2D eigenvalue weighted by molar-refractivity contribution is -0.137. The van der Waals surface area contributed by atoms with Crippen LogP contribution in [0.2, 0.25) is 0 Å². The van der Waals surface area contributed by atoms with Crippen molar-refractivity contribution in [2.24, 2.45) is 0 Å². The Kier molecular flexibility index (Phi) is 10.2. The third-order valence-electron chi connectivity index (χ3n) is 6.95. The number of rotatable bonds is 11. The number of carbonyl (C=O) groups is 1. The van der Waals surface area contributed by atoms with Gasteiger partial charge in [-0.25, -0.2) is 15.0 Å². The number of thioether (sulfide) groups is 1. The summed E-state index contributed by atoms with van der Waals surface area (Å²) in [5.41, 5.74) is 3.09. The highest BCUT2D eigenvalue weighted by Crippen LogP contribution is 2.31. The van der Waals surface area contributed by atoms with E-state index in [1.807, 2.05) is 36.6 Å². The lowest BCUT2D eigenvalue weighted by Crippen LogP contribution is -2.31. The highest BCUT2D eigenvalue weighted by Gasteiger charge is 2.30. The van der Waals surface area contributed by atoms with Gasteiger partial charge in [0.1, 0.15) is 6.54 Å². The van der Waals surface area contributed by atoms with Crippen LogP contribution in [0.3, 0.4) is 0 Å². The fourth-order valence-corrected chi connectivity index (χ4v) is 6.10. The third kappa shape index (κ3) is 8.37. The molecule has 0 atom stereocenters. The normalized spacial score (nSPS) is 11.4. The van der Waals surface area contributed by atoms with Crippen LogP contribution in [0, 0.1) is 6.92 Å². The maximum atomic E-state index is 13.4. The van der Waals surface area contributed by atoms with Crippen LogP contribution < -0.4 is 10.3 Å². The Labute approximate surface area is 271 Å². The van der Waals surface area contributed by atoms with Gasteiger partial charge in [-0.2, -0.15) is 18.2 Å². The van der Waals surface area contributed by atoms with E-state index in [4.69, 9.17) is 4.74 Å². The van der Waals surface area contributed by atoms with E-state index in [0.717, 1.165) is 34.0 Å². The SMILES string of the molecule is COc1ncc(Cc2cn(CC(=O)N(C)Cc3ccc(-c4ccc(C(F)(F)F)cc4)cc3)c(SCc3csc(C)n3)nc2=O)cn1. The van der Waals surface area contributed by atoms with E-state index in [2.05, 4.69) is 19.9 Å². The Hall–Kier alpha value is -4.56. The van der Waals surface area contributed by atoms with Gasteiger partial charge in [0.2, 0.25) is 5.91 Å². The number of aromatic nitrogens is 5. The summed E-state index contributed by atoms with van der Waals surface area (Å²) in [6.07, 6.45) is 0.632. The predicted octanol–water partition coefficient (Wildman–Crippen LogP) is 6.03. The van der Waals surface area contributed by atoms with E-state index in [1.165, 1.54) is 42.3 Å². The highest BCUT2D eigenvalue weighted by atomic mass is 32.2. The van der Waals surface area contributed by atoms with Gasteiger partial charge in [-0.1, -0.05) is 48.2 Å². The van der Waals surface area contributed by atoms with Crippen LogP contribution in [0.25, 0.3) is 11.1 Å². The van der Waals surface area contributed by atoms with Gasteiger partial charge in [0.05, 0.1) is 23.4 Å². The second-order valence-corrected chi connectivity index (χ2v) is 12.4. The first-order chi connectivity index (χ1) is 22.0. The van der Waals surface area contributed by atoms with Gasteiger partial charge in [-0.05, 0) is 41.3 Å². The average Bonchev–Trinajstić information content (AvgIpc) is 3.46. The molecule has 0 radical (unpaired) electrons. The van der Waals surface area contributed by atoms with E-state index < -0.39 is 17.3 Å². The van der Waals surface area contributed by atoms with Gasteiger partial charge in [0, 0.05) is 55.3 Å². The quantitative estimate of drug-likeness (QED) is 0.124. The molecule has 0 saturated carbocycles. The monoisotopic (exact) mass is 666 g/mol. The first kappa shape index (κ1) is 32.8. The minimum Gasteiger partial charge on any atom is -0.467 e. The molecule has 238 valence electrons. The Morgan fingerprint density at radius 1 is 1.00 bits per heavy atom. The number of hydrogen-bond donors (Lipinski definition) is 0. The Morgan fingerprint density at radius 2 is 1.65 bits per heavy atom. The summed E-state index contributed by atoms with van der Waals surface area (Å²) in [6.45, 7) is 2.16. The average molecular weight is 667 g/mol. The number of methoxy groups -OCH3 is 1. The van der Waals surface area contributed by atoms with Crippen molar-refractivity contribution < 1.29 is 22.7 Å². The fourth-order valence-electron chi connectivity index (χ4n) is 4.53.